The first-order chi connectivity index (χ1) is 14.9. The molecule has 8 rings (SSSR count). The molecule has 0 aliphatic heterocycles. The Bertz CT molecular complexity index is 860. The van der Waals surface area contributed by atoms with E-state index in [0.717, 1.165) is 68.0 Å². The topological polar surface area (TPSA) is 0 Å². The van der Waals surface area contributed by atoms with Gasteiger partial charge in [0, 0.05) is 0 Å². The highest BCUT2D eigenvalue weighted by molar-refractivity contribution is 5.68. The minimum absolute atomic E-state index is 0.770. The Morgan fingerprint density at radius 1 is 0.839 bits per heavy atom. The van der Waals surface area contributed by atoms with Gasteiger partial charge in [-0.3, -0.25) is 0 Å². The first-order valence-electron chi connectivity index (χ1n) is 14.9. The molecule has 0 radical (unpaired) electrons. The van der Waals surface area contributed by atoms with E-state index < -0.39 is 0 Å². The first kappa shape index (κ1) is 19.3. The average molecular weight is 421 g/mol. The summed E-state index contributed by atoms with van der Waals surface area (Å²) in [5.74, 6) is 9.81. The summed E-state index contributed by atoms with van der Waals surface area (Å²) in [6.45, 7) is 18.2. The van der Waals surface area contributed by atoms with E-state index in [4.69, 9.17) is 0 Å². The predicted octanol–water partition coefficient (Wildman–Crippen LogP) is 8.21. The van der Waals surface area contributed by atoms with Crippen LogP contribution in [0.15, 0.2) is 0 Å². The van der Waals surface area contributed by atoms with Gasteiger partial charge in [0.1, 0.15) is 0 Å². The van der Waals surface area contributed by atoms with Crippen molar-refractivity contribution >= 4 is 0 Å². The maximum atomic E-state index is 2.71. The highest BCUT2D eigenvalue weighted by atomic mass is 15.2. The van der Waals surface area contributed by atoms with Crippen LogP contribution < -0.4 is 0 Å². The smallest absolute Gasteiger partial charge is 0.00631 e. The highest BCUT2D eigenvalue weighted by Gasteiger charge is 3.22. The first-order valence-corrected chi connectivity index (χ1v) is 14.9. The van der Waals surface area contributed by atoms with E-state index in [1.165, 1.54) is 37.0 Å². The van der Waals surface area contributed by atoms with E-state index in [2.05, 4.69) is 48.5 Å². The summed E-state index contributed by atoms with van der Waals surface area (Å²) in [6.07, 6.45) is 14.0. The van der Waals surface area contributed by atoms with Gasteiger partial charge in [-0.1, -0.05) is 61.3 Å². The lowest BCUT2D eigenvalue weighted by Crippen LogP contribution is -3.21. The molecule has 0 heteroatoms. The molecule has 0 amide bonds. The third kappa shape index (κ3) is 1.06. The van der Waals surface area contributed by atoms with Gasteiger partial charge >= 0.3 is 0 Å². The molecule has 0 aromatic rings. The quantitative estimate of drug-likeness (QED) is 0.389. The third-order valence-electron chi connectivity index (χ3n) is 16.5. The van der Waals surface area contributed by atoms with Gasteiger partial charge in [0.2, 0.25) is 0 Å². The SMILES string of the molecule is CCC(C)C(C)CC1C2C(CC)C3(CC)C24C1C1C2CCC25C2(CCC2C)C3(CC)C154. The Hall–Kier alpha value is 0. The summed E-state index contributed by atoms with van der Waals surface area (Å²) in [6, 6.07) is 0. The zero-order chi connectivity index (χ0) is 21.6. The molecule has 8 aliphatic rings. The normalized spacial score (nSPS) is 70.7. The van der Waals surface area contributed by atoms with Crippen molar-refractivity contribution in [2.24, 2.45) is 85.8 Å². The summed E-state index contributed by atoms with van der Waals surface area (Å²) in [5.41, 5.74) is 4.97. The number of fused-ring (bicyclic) bond motifs is 4. The predicted molar refractivity (Wildman–Crippen MR) is 127 cm³/mol. The van der Waals surface area contributed by atoms with Crippen molar-refractivity contribution in [3.05, 3.63) is 0 Å². The van der Waals surface area contributed by atoms with Gasteiger partial charge in [-0.05, 0) is 131 Å². The molecule has 0 saturated heterocycles. The van der Waals surface area contributed by atoms with Crippen LogP contribution in [0.3, 0.4) is 0 Å². The van der Waals surface area contributed by atoms with Crippen LogP contribution in [0.1, 0.15) is 106 Å². The average Bonchev–Trinajstić information content (AvgIpc) is 2.72. The molecule has 8 fully saturated rings. The minimum atomic E-state index is 0.770. The van der Waals surface area contributed by atoms with E-state index >= 15 is 0 Å². The van der Waals surface area contributed by atoms with Crippen molar-refractivity contribution in [2.75, 3.05) is 0 Å². The Morgan fingerprint density at radius 2 is 1.58 bits per heavy atom. The largest absolute Gasteiger partial charge is 0.0651 e. The van der Waals surface area contributed by atoms with Crippen molar-refractivity contribution < 1.29 is 0 Å². The number of rotatable bonds is 7. The Balaban J connectivity index is 1.27. The van der Waals surface area contributed by atoms with Crippen molar-refractivity contribution in [3.63, 3.8) is 0 Å². The van der Waals surface area contributed by atoms with Gasteiger partial charge in [0.25, 0.3) is 0 Å². The van der Waals surface area contributed by atoms with E-state index in [1.807, 2.05) is 0 Å². The van der Waals surface area contributed by atoms with Crippen LogP contribution in [-0.2, 0) is 0 Å². The monoisotopic (exact) mass is 420 g/mol. The molecule has 0 aromatic heterocycles. The Morgan fingerprint density at radius 3 is 2.06 bits per heavy atom. The Labute approximate surface area is 192 Å². The van der Waals surface area contributed by atoms with Crippen LogP contribution in [0.25, 0.3) is 0 Å². The van der Waals surface area contributed by atoms with E-state index in [-0.39, 0.29) is 0 Å². The van der Waals surface area contributed by atoms with E-state index in [0.29, 0.717) is 0 Å². The third-order valence-corrected chi connectivity index (χ3v) is 16.5. The molecular weight excluding hydrogens is 372 g/mol. The van der Waals surface area contributed by atoms with Crippen molar-refractivity contribution in [3.8, 4) is 0 Å². The maximum Gasteiger partial charge on any atom is -0.00631 e. The molecule has 31 heavy (non-hydrogen) atoms. The molecule has 0 bridgehead atoms. The lowest BCUT2D eigenvalue weighted by atomic mass is 8.79. The second kappa shape index (κ2) is 4.87. The Kier molecular flexibility index (Phi) is 3.03. The second-order valence-electron chi connectivity index (χ2n) is 14.6. The number of hydrogen-bond acceptors (Lipinski definition) is 0. The molecule has 0 heterocycles. The second-order valence-corrected chi connectivity index (χ2v) is 14.6. The molecule has 0 N–H and O–H groups in total. The molecular formula is C31H48. The van der Waals surface area contributed by atoms with Crippen molar-refractivity contribution in [2.45, 2.75) is 106 Å². The zero-order valence-electron chi connectivity index (χ0n) is 21.6. The van der Waals surface area contributed by atoms with E-state index in [9.17, 15) is 0 Å². The molecule has 15 atom stereocenters. The molecule has 0 aromatic carbocycles. The highest BCUT2D eigenvalue weighted by Crippen LogP contribution is 3.25. The lowest BCUT2D eigenvalue weighted by Gasteiger charge is -3.24. The van der Waals surface area contributed by atoms with Gasteiger partial charge in [0.15, 0.2) is 0 Å². The molecule has 0 nitrogen and oxygen atoms in total. The van der Waals surface area contributed by atoms with Crippen LogP contribution in [-0.4, -0.2) is 0 Å². The van der Waals surface area contributed by atoms with Crippen LogP contribution >= 0.6 is 0 Å². The summed E-state index contributed by atoms with van der Waals surface area (Å²) >= 11 is 0. The summed E-state index contributed by atoms with van der Waals surface area (Å²) in [7, 11) is 0. The fourth-order valence-electron chi connectivity index (χ4n) is 17.0. The fraction of sp³-hybridized carbons (Fsp3) is 1.00. The lowest BCUT2D eigenvalue weighted by molar-refractivity contribution is -0.783. The van der Waals surface area contributed by atoms with Crippen LogP contribution in [0, 0.1) is 85.8 Å². The zero-order valence-corrected chi connectivity index (χ0v) is 21.6. The molecule has 4 spiro atoms. The summed E-state index contributed by atoms with van der Waals surface area (Å²) in [5, 5.41) is 0. The van der Waals surface area contributed by atoms with Gasteiger partial charge < -0.3 is 0 Å². The standard InChI is InChI=1S/C31H48/c1-8-17(5)18(6)16-20-23-21(9-2)26(10-3)29(11-4)27(14-12-19(27)7)28-15-13-22(28)25-24(20)30(23,26)31(25,28)29/h17-25H,8-16H2,1-7H3. The molecule has 8 aliphatic carbocycles. The van der Waals surface area contributed by atoms with Gasteiger partial charge in [0.05, 0.1) is 0 Å². The summed E-state index contributed by atoms with van der Waals surface area (Å²) < 4.78 is 0. The van der Waals surface area contributed by atoms with Crippen molar-refractivity contribution in [1.82, 2.24) is 0 Å². The van der Waals surface area contributed by atoms with Crippen LogP contribution in [0.4, 0.5) is 0 Å². The molecule has 15 unspecified atom stereocenters. The van der Waals surface area contributed by atoms with Crippen LogP contribution in [0.2, 0.25) is 0 Å². The van der Waals surface area contributed by atoms with Gasteiger partial charge in [-0.2, -0.15) is 0 Å². The maximum absolute atomic E-state index is 2.71. The molecule has 172 valence electrons. The fourth-order valence-corrected chi connectivity index (χ4v) is 17.0. The molecule has 8 saturated carbocycles. The van der Waals surface area contributed by atoms with Crippen LogP contribution in [0.5, 0.6) is 0 Å². The van der Waals surface area contributed by atoms with Gasteiger partial charge in [-0.25, -0.2) is 0 Å². The van der Waals surface area contributed by atoms with E-state index in [1.54, 1.807) is 38.5 Å². The van der Waals surface area contributed by atoms with Gasteiger partial charge in [-0.15, -0.1) is 0 Å². The summed E-state index contributed by atoms with van der Waals surface area (Å²) in [4.78, 5) is 0. The number of hydrogen-bond donors (Lipinski definition) is 0. The van der Waals surface area contributed by atoms with Crippen molar-refractivity contribution in [1.29, 1.82) is 0 Å². The minimum Gasteiger partial charge on any atom is -0.0651 e.